The summed E-state index contributed by atoms with van der Waals surface area (Å²) in [5, 5.41) is 9.37. The van der Waals surface area contributed by atoms with E-state index < -0.39 is 11.9 Å². The molecule has 1 saturated heterocycles. The molecule has 1 fully saturated rings. The first-order chi connectivity index (χ1) is 9.41. The first-order valence-electron chi connectivity index (χ1n) is 6.98. The predicted molar refractivity (Wildman–Crippen MR) is 73.1 cm³/mol. The lowest BCUT2D eigenvalue weighted by molar-refractivity contribution is -0.156. The third kappa shape index (κ3) is 2.71. The Balaban J connectivity index is 2.16. The van der Waals surface area contributed by atoms with E-state index in [1.807, 2.05) is 32.9 Å². The first kappa shape index (κ1) is 14.6. The molecule has 1 aromatic heterocycles. The van der Waals surface area contributed by atoms with E-state index in [1.54, 1.807) is 11.2 Å². The van der Waals surface area contributed by atoms with E-state index in [9.17, 15) is 14.7 Å². The van der Waals surface area contributed by atoms with Gasteiger partial charge in [-0.3, -0.25) is 9.59 Å². The fourth-order valence-electron chi connectivity index (χ4n) is 3.30. The van der Waals surface area contributed by atoms with Crippen molar-refractivity contribution < 1.29 is 19.1 Å². The van der Waals surface area contributed by atoms with E-state index in [0.29, 0.717) is 12.8 Å². The van der Waals surface area contributed by atoms with Crippen molar-refractivity contribution >= 4 is 11.9 Å². The zero-order chi connectivity index (χ0) is 14.9. The molecule has 5 heteroatoms. The van der Waals surface area contributed by atoms with Gasteiger partial charge in [-0.1, -0.05) is 6.92 Å². The van der Waals surface area contributed by atoms with Crippen LogP contribution in [0.2, 0.25) is 0 Å². The van der Waals surface area contributed by atoms with Crippen LogP contribution in [0.3, 0.4) is 0 Å². The third-order valence-corrected chi connectivity index (χ3v) is 4.19. The zero-order valence-corrected chi connectivity index (χ0v) is 12.1. The monoisotopic (exact) mass is 279 g/mol. The average Bonchev–Trinajstić information content (AvgIpc) is 2.79. The van der Waals surface area contributed by atoms with Crippen molar-refractivity contribution in [2.75, 3.05) is 0 Å². The fourth-order valence-corrected chi connectivity index (χ4v) is 3.30. The van der Waals surface area contributed by atoms with Crippen molar-refractivity contribution in [2.45, 2.75) is 45.7 Å². The number of nitrogens with zero attached hydrogens (tertiary/aromatic N) is 1. The van der Waals surface area contributed by atoms with E-state index in [1.165, 1.54) is 0 Å². The van der Waals surface area contributed by atoms with Crippen LogP contribution in [0.4, 0.5) is 0 Å². The molecular formula is C15H21NO4. The number of hydrogen-bond acceptors (Lipinski definition) is 3. The van der Waals surface area contributed by atoms with Crippen molar-refractivity contribution in [1.29, 1.82) is 0 Å². The highest BCUT2D eigenvalue weighted by atomic mass is 16.4. The fraction of sp³-hybridized carbons (Fsp3) is 0.600. The molecule has 20 heavy (non-hydrogen) atoms. The average molecular weight is 279 g/mol. The van der Waals surface area contributed by atoms with Gasteiger partial charge in [0.15, 0.2) is 0 Å². The number of rotatable bonds is 4. The summed E-state index contributed by atoms with van der Waals surface area (Å²) in [4.78, 5) is 25.4. The number of hydrogen-bond donors (Lipinski definition) is 1. The van der Waals surface area contributed by atoms with Crippen LogP contribution in [0.1, 0.15) is 33.0 Å². The van der Waals surface area contributed by atoms with Gasteiger partial charge in [0.25, 0.3) is 0 Å². The maximum atomic E-state index is 12.3. The van der Waals surface area contributed by atoms with Crippen molar-refractivity contribution in [3.63, 3.8) is 0 Å². The van der Waals surface area contributed by atoms with Gasteiger partial charge >= 0.3 is 5.97 Å². The normalized spacial score (nSPS) is 28.4. The molecule has 4 unspecified atom stereocenters. The Morgan fingerprint density at radius 1 is 1.55 bits per heavy atom. The summed E-state index contributed by atoms with van der Waals surface area (Å²) >= 11 is 0. The Hall–Kier alpha value is -1.78. The summed E-state index contributed by atoms with van der Waals surface area (Å²) in [6.07, 6.45) is 2.50. The number of amides is 1. The summed E-state index contributed by atoms with van der Waals surface area (Å²) < 4.78 is 5.31. The lowest BCUT2D eigenvalue weighted by atomic mass is 9.80. The van der Waals surface area contributed by atoms with E-state index in [4.69, 9.17) is 4.42 Å². The van der Waals surface area contributed by atoms with Crippen molar-refractivity contribution in [3.05, 3.63) is 24.2 Å². The smallest absolute Gasteiger partial charge is 0.308 e. The van der Waals surface area contributed by atoms with Crippen LogP contribution < -0.4 is 0 Å². The largest absolute Gasteiger partial charge is 0.481 e. The van der Waals surface area contributed by atoms with Crippen molar-refractivity contribution in [2.24, 2.45) is 11.8 Å². The molecule has 0 saturated carbocycles. The maximum absolute atomic E-state index is 12.3. The Labute approximate surface area is 118 Å². The molecule has 0 aromatic carbocycles. The highest BCUT2D eigenvalue weighted by molar-refractivity contribution is 5.82. The van der Waals surface area contributed by atoms with E-state index >= 15 is 0 Å². The van der Waals surface area contributed by atoms with Gasteiger partial charge in [-0.05, 0) is 31.9 Å². The molecule has 2 rings (SSSR count). The molecule has 1 amide bonds. The number of likely N-dealkylation sites (tertiary alicyclic amines) is 1. The summed E-state index contributed by atoms with van der Waals surface area (Å²) in [5.74, 6) is -0.619. The van der Waals surface area contributed by atoms with Gasteiger partial charge in [0.2, 0.25) is 5.91 Å². The number of carbonyl (C=O) groups excluding carboxylic acids is 1. The van der Waals surface area contributed by atoms with E-state index in [2.05, 4.69) is 0 Å². The predicted octanol–water partition coefficient (Wildman–Crippen LogP) is 2.17. The van der Waals surface area contributed by atoms with Crippen LogP contribution in [0.25, 0.3) is 0 Å². The molecule has 0 bridgehead atoms. The Morgan fingerprint density at radius 3 is 2.80 bits per heavy atom. The molecule has 2 heterocycles. The highest BCUT2D eigenvalue weighted by Gasteiger charge is 2.43. The Morgan fingerprint density at radius 2 is 2.25 bits per heavy atom. The van der Waals surface area contributed by atoms with Gasteiger partial charge in [0.05, 0.1) is 12.2 Å². The van der Waals surface area contributed by atoms with Gasteiger partial charge < -0.3 is 14.4 Å². The summed E-state index contributed by atoms with van der Waals surface area (Å²) in [7, 11) is 0. The van der Waals surface area contributed by atoms with Gasteiger partial charge in [-0.25, -0.2) is 0 Å². The van der Waals surface area contributed by atoms with Crippen LogP contribution in [-0.4, -0.2) is 34.0 Å². The van der Waals surface area contributed by atoms with Gasteiger partial charge in [-0.15, -0.1) is 0 Å². The highest BCUT2D eigenvalue weighted by Crippen LogP contribution is 2.32. The molecule has 0 aliphatic carbocycles. The number of piperidine rings is 1. The maximum Gasteiger partial charge on any atom is 0.308 e. The Kier molecular flexibility index (Phi) is 4.16. The molecule has 4 atom stereocenters. The molecule has 1 N–H and O–H groups in total. The summed E-state index contributed by atoms with van der Waals surface area (Å²) in [6, 6.07) is 3.31. The van der Waals surface area contributed by atoms with Crippen LogP contribution in [0, 0.1) is 11.8 Å². The zero-order valence-electron chi connectivity index (χ0n) is 12.1. The molecule has 0 radical (unpaired) electrons. The first-order valence-corrected chi connectivity index (χ1v) is 6.98. The molecule has 0 spiro atoms. The molecule has 1 aromatic rings. The standard InChI is InChI=1S/C15H21NO4/c1-9-7-13(17)16(11(3)14(9)15(18)19)10(2)8-12-5-4-6-20-12/h4-6,9-11,14H,7-8H2,1-3H3,(H,18,19). The lowest BCUT2D eigenvalue weighted by Crippen LogP contribution is -2.56. The quantitative estimate of drug-likeness (QED) is 0.917. The number of carboxylic acids is 1. The van der Waals surface area contributed by atoms with Crippen LogP contribution >= 0.6 is 0 Å². The van der Waals surface area contributed by atoms with Crippen LogP contribution in [0.15, 0.2) is 22.8 Å². The second-order valence-electron chi connectivity index (χ2n) is 5.72. The van der Waals surface area contributed by atoms with Crippen molar-refractivity contribution in [1.82, 2.24) is 4.90 Å². The molecule has 5 nitrogen and oxygen atoms in total. The second-order valence-corrected chi connectivity index (χ2v) is 5.72. The SMILES string of the molecule is CC1CC(=O)N(C(C)Cc2ccco2)C(C)C1C(=O)O. The van der Waals surface area contributed by atoms with Gasteiger partial charge in [0, 0.05) is 24.9 Å². The third-order valence-electron chi connectivity index (χ3n) is 4.19. The van der Waals surface area contributed by atoms with Crippen LogP contribution in [-0.2, 0) is 16.0 Å². The van der Waals surface area contributed by atoms with Crippen LogP contribution in [0.5, 0.6) is 0 Å². The number of furan rings is 1. The number of carbonyl (C=O) groups is 2. The summed E-state index contributed by atoms with van der Waals surface area (Å²) in [6.45, 7) is 5.60. The summed E-state index contributed by atoms with van der Waals surface area (Å²) in [5.41, 5.74) is 0. The van der Waals surface area contributed by atoms with Gasteiger partial charge in [-0.2, -0.15) is 0 Å². The molecule has 1 aliphatic heterocycles. The van der Waals surface area contributed by atoms with Gasteiger partial charge in [0.1, 0.15) is 5.76 Å². The number of carboxylic acid groups (broad SMARTS) is 1. The molecule has 1 aliphatic rings. The Bertz CT molecular complexity index is 482. The molecular weight excluding hydrogens is 258 g/mol. The van der Waals surface area contributed by atoms with Crippen molar-refractivity contribution in [3.8, 4) is 0 Å². The topological polar surface area (TPSA) is 70.8 Å². The molecule has 110 valence electrons. The lowest BCUT2D eigenvalue weighted by Gasteiger charge is -2.43. The minimum atomic E-state index is -0.826. The van der Waals surface area contributed by atoms with E-state index in [0.717, 1.165) is 5.76 Å². The minimum absolute atomic E-state index is 0.0292. The second kappa shape index (κ2) is 5.69. The minimum Gasteiger partial charge on any atom is -0.481 e. The van der Waals surface area contributed by atoms with E-state index in [-0.39, 0.29) is 23.9 Å². The number of aliphatic carboxylic acids is 1.